The first-order chi connectivity index (χ1) is 12.8. The van der Waals surface area contributed by atoms with Crippen LogP contribution < -0.4 is 15.8 Å². The van der Waals surface area contributed by atoms with E-state index in [1.165, 1.54) is 4.90 Å². The minimum atomic E-state index is -0.113. The average Bonchev–Trinajstić information content (AvgIpc) is 2.62. The van der Waals surface area contributed by atoms with E-state index in [2.05, 4.69) is 30.5 Å². The highest BCUT2D eigenvalue weighted by Gasteiger charge is 2.14. The lowest BCUT2D eigenvalue weighted by Gasteiger charge is -2.25. The van der Waals surface area contributed by atoms with Crippen LogP contribution in [0.1, 0.15) is 23.1 Å². The molecular formula is C20H31N4O2S+. The van der Waals surface area contributed by atoms with Crippen LogP contribution in [0.2, 0.25) is 0 Å². The number of benzene rings is 1. The third-order valence-electron chi connectivity index (χ3n) is 4.67. The number of hydrogen-bond acceptors (Lipinski definition) is 3. The van der Waals surface area contributed by atoms with Crippen LogP contribution in [0.4, 0.5) is 0 Å². The molecule has 0 saturated heterocycles. The van der Waals surface area contributed by atoms with Crippen LogP contribution in [-0.4, -0.2) is 60.4 Å². The molecule has 0 aliphatic carbocycles. The summed E-state index contributed by atoms with van der Waals surface area (Å²) in [6, 6.07) is 6.02. The van der Waals surface area contributed by atoms with Crippen LogP contribution in [0.15, 0.2) is 23.0 Å². The Balaban J connectivity index is 2.18. The van der Waals surface area contributed by atoms with E-state index < -0.39 is 0 Å². The quantitative estimate of drug-likeness (QED) is 0.386. The Morgan fingerprint density at radius 2 is 2.00 bits per heavy atom. The summed E-state index contributed by atoms with van der Waals surface area (Å²) in [4.78, 5) is 18.8. The smallest absolute Gasteiger partial charge is 0.253 e. The maximum Gasteiger partial charge on any atom is 0.253 e. The molecule has 6 nitrogen and oxygen atoms in total. The maximum absolute atomic E-state index is 12.6. The van der Waals surface area contributed by atoms with Crippen molar-refractivity contribution in [1.29, 1.82) is 0 Å². The fraction of sp³-hybridized carbons (Fsp3) is 0.500. The molecule has 4 N–H and O–H groups in total. The van der Waals surface area contributed by atoms with Crippen molar-refractivity contribution in [2.24, 2.45) is 0 Å². The van der Waals surface area contributed by atoms with Gasteiger partial charge in [0.1, 0.15) is 0 Å². The summed E-state index contributed by atoms with van der Waals surface area (Å²) in [6.45, 7) is 6.58. The second-order valence-electron chi connectivity index (χ2n) is 7.30. The fourth-order valence-electron chi connectivity index (χ4n) is 3.06. The topological polar surface area (TPSA) is 72.8 Å². The van der Waals surface area contributed by atoms with Crippen LogP contribution in [0.25, 0.3) is 10.9 Å². The van der Waals surface area contributed by atoms with E-state index in [0.29, 0.717) is 23.8 Å². The van der Waals surface area contributed by atoms with Crippen molar-refractivity contribution >= 4 is 28.2 Å². The summed E-state index contributed by atoms with van der Waals surface area (Å²) >= 11 is 5.49. The van der Waals surface area contributed by atoms with Crippen molar-refractivity contribution in [3.05, 3.63) is 45.2 Å². The largest absolute Gasteiger partial charge is 0.395 e. The van der Waals surface area contributed by atoms with Crippen molar-refractivity contribution < 1.29 is 10.0 Å². The summed E-state index contributed by atoms with van der Waals surface area (Å²) in [5.74, 6) is 0. The predicted molar refractivity (Wildman–Crippen MR) is 114 cm³/mol. The van der Waals surface area contributed by atoms with Gasteiger partial charge >= 0.3 is 0 Å². The van der Waals surface area contributed by atoms with Gasteiger partial charge in [-0.1, -0.05) is 12.1 Å². The molecule has 2 rings (SSSR count). The van der Waals surface area contributed by atoms with E-state index in [1.54, 1.807) is 0 Å². The number of aromatic nitrogens is 1. The van der Waals surface area contributed by atoms with E-state index in [-0.39, 0.29) is 12.2 Å². The Hall–Kier alpha value is -1.96. The zero-order chi connectivity index (χ0) is 20.0. The Morgan fingerprint density at radius 1 is 1.30 bits per heavy atom. The number of aliphatic hydroxyl groups excluding tert-OH is 1. The van der Waals surface area contributed by atoms with Crippen LogP contribution in [0.5, 0.6) is 0 Å². The number of thiocarbonyl (C=S) groups is 1. The average molecular weight is 392 g/mol. The molecule has 1 aromatic heterocycles. The van der Waals surface area contributed by atoms with Gasteiger partial charge in [0.25, 0.3) is 5.56 Å². The lowest BCUT2D eigenvalue weighted by Crippen LogP contribution is -3.05. The Labute approximate surface area is 166 Å². The number of hydrogen-bond donors (Lipinski definition) is 4. The molecule has 1 aromatic carbocycles. The molecular weight excluding hydrogens is 360 g/mol. The summed E-state index contributed by atoms with van der Waals surface area (Å²) in [5.41, 5.74) is 3.58. The number of fused-ring (bicyclic) bond motifs is 1. The molecule has 0 amide bonds. The highest BCUT2D eigenvalue weighted by molar-refractivity contribution is 7.80. The molecule has 0 aliphatic rings. The highest BCUT2D eigenvalue weighted by Crippen LogP contribution is 2.20. The monoisotopic (exact) mass is 391 g/mol. The predicted octanol–water partition coefficient (Wildman–Crippen LogP) is 0.348. The highest BCUT2D eigenvalue weighted by atomic mass is 32.1. The van der Waals surface area contributed by atoms with E-state index in [0.717, 1.165) is 41.5 Å². The summed E-state index contributed by atoms with van der Waals surface area (Å²) < 4.78 is 0. The lowest BCUT2D eigenvalue weighted by atomic mass is 10.0. The molecule has 0 spiro atoms. The van der Waals surface area contributed by atoms with Crippen LogP contribution in [-0.2, 0) is 6.54 Å². The van der Waals surface area contributed by atoms with Crippen molar-refractivity contribution in [2.45, 2.75) is 26.8 Å². The molecule has 0 atom stereocenters. The number of nitrogens with zero attached hydrogens (tertiary/aromatic N) is 1. The van der Waals surface area contributed by atoms with Gasteiger partial charge in [-0.3, -0.25) is 4.79 Å². The van der Waals surface area contributed by atoms with Gasteiger partial charge in [-0.15, -0.1) is 0 Å². The van der Waals surface area contributed by atoms with Crippen LogP contribution >= 0.6 is 12.2 Å². The number of H-pyrrole nitrogens is 1. The van der Waals surface area contributed by atoms with Crippen molar-refractivity contribution in [3.63, 3.8) is 0 Å². The molecule has 0 bridgehead atoms. The molecule has 0 unspecified atom stereocenters. The standard InChI is InChI=1S/C20H30N4O2S/c1-14-6-7-15(2)18-17(14)12-16(19(26)22-18)13-24(10-11-25)20(27)21-8-5-9-23(3)4/h6-7,12,25H,5,8-11,13H2,1-4H3,(H,21,27)(H,22,26)/p+1. The molecule has 0 saturated carbocycles. The molecule has 7 heteroatoms. The van der Waals surface area contributed by atoms with E-state index in [1.807, 2.05) is 30.9 Å². The van der Waals surface area contributed by atoms with Gasteiger partial charge in [-0.2, -0.15) is 0 Å². The number of pyridine rings is 1. The van der Waals surface area contributed by atoms with Gasteiger partial charge in [0.2, 0.25) is 0 Å². The molecule has 2 aromatic rings. The van der Waals surface area contributed by atoms with Gasteiger partial charge < -0.3 is 25.2 Å². The Kier molecular flexibility index (Phi) is 7.77. The number of quaternary nitrogens is 1. The van der Waals surface area contributed by atoms with Gasteiger partial charge in [0.05, 0.1) is 39.3 Å². The van der Waals surface area contributed by atoms with Gasteiger partial charge in [0, 0.05) is 30.5 Å². The summed E-state index contributed by atoms with van der Waals surface area (Å²) in [5, 5.41) is 14.3. The SMILES string of the molecule is Cc1ccc(C)c2[nH]c(=O)c(CN(CCO)C(=S)NCCC[NH+](C)C)cc12. The number of aryl methyl sites for hydroxylation is 2. The van der Waals surface area contributed by atoms with Gasteiger partial charge in [-0.25, -0.2) is 0 Å². The van der Waals surface area contributed by atoms with E-state index in [4.69, 9.17) is 12.2 Å². The van der Waals surface area contributed by atoms with Crippen molar-refractivity contribution in [3.8, 4) is 0 Å². The molecule has 0 radical (unpaired) electrons. The lowest BCUT2D eigenvalue weighted by molar-refractivity contribution is -0.858. The molecule has 1 heterocycles. The van der Waals surface area contributed by atoms with Crippen molar-refractivity contribution in [1.82, 2.24) is 15.2 Å². The number of nitrogens with one attached hydrogen (secondary N) is 3. The Bertz CT molecular complexity index is 848. The third-order valence-corrected chi connectivity index (χ3v) is 5.07. The molecule has 0 aliphatic heterocycles. The second kappa shape index (κ2) is 9.82. The first-order valence-corrected chi connectivity index (χ1v) is 9.79. The molecule has 27 heavy (non-hydrogen) atoms. The minimum Gasteiger partial charge on any atom is -0.395 e. The van der Waals surface area contributed by atoms with E-state index >= 15 is 0 Å². The fourth-order valence-corrected chi connectivity index (χ4v) is 3.32. The zero-order valence-electron chi connectivity index (χ0n) is 16.7. The number of aliphatic hydroxyl groups is 1. The van der Waals surface area contributed by atoms with E-state index in [9.17, 15) is 9.90 Å². The summed E-state index contributed by atoms with van der Waals surface area (Å²) in [6.07, 6.45) is 1.00. The molecule has 0 fully saturated rings. The van der Waals surface area contributed by atoms with Crippen molar-refractivity contribution in [2.75, 3.05) is 40.3 Å². The minimum absolute atomic E-state index is 0.0205. The normalized spacial score (nSPS) is 11.2. The number of rotatable bonds is 8. The Morgan fingerprint density at radius 3 is 2.67 bits per heavy atom. The maximum atomic E-state index is 12.6. The first-order valence-electron chi connectivity index (χ1n) is 9.38. The number of aromatic amines is 1. The van der Waals surface area contributed by atoms with Crippen LogP contribution in [0.3, 0.4) is 0 Å². The van der Waals surface area contributed by atoms with Crippen LogP contribution in [0, 0.1) is 13.8 Å². The second-order valence-corrected chi connectivity index (χ2v) is 7.69. The molecule has 148 valence electrons. The van der Waals surface area contributed by atoms with Gasteiger partial charge in [0.15, 0.2) is 5.11 Å². The third kappa shape index (κ3) is 5.76. The van der Waals surface area contributed by atoms with Gasteiger partial charge in [-0.05, 0) is 43.3 Å². The first kappa shape index (κ1) is 21.3. The zero-order valence-corrected chi connectivity index (χ0v) is 17.5. The summed E-state index contributed by atoms with van der Waals surface area (Å²) in [7, 11) is 4.23.